The van der Waals surface area contributed by atoms with Crippen LogP contribution in [0.15, 0.2) is 24.3 Å². The first-order chi connectivity index (χ1) is 11.3. The molecule has 0 unspecified atom stereocenters. The van der Waals surface area contributed by atoms with Gasteiger partial charge < -0.3 is 5.32 Å². The second-order valence-corrected chi connectivity index (χ2v) is 8.12. The molecule has 4 bridgehead atoms. The van der Waals surface area contributed by atoms with Crippen LogP contribution in [0.5, 0.6) is 0 Å². The fraction of sp³-hybridized carbons (Fsp3) is 0.632. The van der Waals surface area contributed by atoms with Gasteiger partial charge in [-0.15, -0.1) is 0 Å². The van der Waals surface area contributed by atoms with Crippen molar-refractivity contribution in [2.24, 2.45) is 17.8 Å². The third-order valence-corrected chi connectivity index (χ3v) is 6.06. The van der Waals surface area contributed by atoms with Gasteiger partial charge >= 0.3 is 6.18 Å². The third kappa shape index (κ3) is 3.05. The number of carbonyl (C=O) groups is 1. The summed E-state index contributed by atoms with van der Waals surface area (Å²) >= 11 is 0. The average molecular weight is 337 g/mol. The monoisotopic (exact) mass is 337 g/mol. The predicted octanol–water partition coefficient (Wildman–Crippen LogP) is 4.33. The summed E-state index contributed by atoms with van der Waals surface area (Å²) in [4.78, 5) is 12.5. The summed E-state index contributed by atoms with van der Waals surface area (Å²) < 4.78 is 38.4. The fourth-order valence-corrected chi connectivity index (χ4v) is 5.65. The van der Waals surface area contributed by atoms with Gasteiger partial charge in [0.1, 0.15) is 0 Å². The van der Waals surface area contributed by atoms with Crippen LogP contribution < -0.4 is 5.32 Å². The molecule has 0 heterocycles. The largest absolute Gasteiger partial charge is 0.416 e. The topological polar surface area (TPSA) is 29.1 Å². The standard InChI is InChI=1S/C19H22F3NO/c20-19(21,22)16-3-1-2-12(7-16)8-17(24)23-18-9-13-4-14(10-18)6-15(5-13)11-18/h1-3,7,13-15H,4-6,8-11H2,(H,23,24). The number of hydrogen-bond acceptors (Lipinski definition) is 1. The Bertz CT molecular complexity index is 617. The Morgan fingerprint density at radius 3 is 2.21 bits per heavy atom. The van der Waals surface area contributed by atoms with Crippen molar-refractivity contribution >= 4 is 5.91 Å². The minimum absolute atomic E-state index is 0.0195. The molecule has 1 aromatic carbocycles. The molecule has 1 N–H and O–H groups in total. The Kier molecular flexibility index (Phi) is 3.66. The van der Waals surface area contributed by atoms with Crippen molar-refractivity contribution in [1.82, 2.24) is 5.32 Å². The summed E-state index contributed by atoms with van der Waals surface area (Å²) in [5.74, 6) is 2.04. The molecule has 4 fully saturated rings. The van der Waals surface area contributed by atoms with E-state index in [0.29, 0.717) is 5.56 Å². The third-order valence-electron chi connectivity index (χ3n) is 6.06. The highest BCUT2D eigenvalue weighted by Crippen LogP contribution is 2.55. The predicted molar refractivity (Wildman–Crippen MR) is 84.2 cm³/mol. The molecule has 0 radical (unpaired) electrons. The van der Waals surface area contributed by atoms with E-state index in [2.05, 4.69) is 5.32 Å². The van der Waals surface area contributed by atoms with Crippen molar-refractivity contribution in [3.05, 3.63) is 35.4 Å². The van der Waals surface area contributed by atoms with Crippen LogP contribution in [0, 0.1) is 17.8 Å². The molecule has 5 heteroatoms. The van der Waals surface area contributed by atoms with Crippen LogP contribution in [0.1, 0.15) is 49.7 Å². The molecule has 24 heavy (non-hydrogen) atoms. The summed E-state index contributed by atoms with van der Waals surface area (Å²) in [5, 5.41) is 3.21. The number of alkyl halides is 3. The van der Waals surface area contributed by atoms with Crippen LogP contribution in [0.25, 0.3) is 0 Å². The molecule has 4 saturated carbocycles. The van der Waals surface area contributed by atoms with E-state index in [9.17, 15) is 18.0 Å². The number of hydrogen-bond donors (Lipinski definition) is 1. The first kappa shape index (κ1) is 16.0. The maximum atomic E-state index is 12.8. The van der Waals surface area contributed by atoms with Crippen LogP contribution >= 0.6 is 0 Å². The maximum absolute atomic E-state index is 12.8. The van der Waals surface area contributed by atoms with Gasteiger partial charge in [0.25, 0.3) is 0 Å². The van der Waals surface area contributed by atoms with Crippen molar-refractivity contribution < 1.29 is 18.0 Å². The zero-order chi connectivity index (χ0) is 16.9. The van der Waals surface area contributed by atoms with E-state index in [1.807, 2.05) is 0 Å². The highest BCUT2D eigenvalue weighted by Gasteiger charge is 2.51. The Balaban J connectivity index is 1.44. The van der Waals surface area contributed by atoms with Gasteiger partial charge in [-0.2, -0.15) is 13.2 Å². The molecule has 0 atom stereocenters. The van der Waals surface area contributed by atoms with Gasteiger partial charge in [-0.1, -0.05) is 18.2 Å². The van der Waals surface area contributed by atoms with Gasteiger partial charge in [0.05, 0.1) is 12.0 Å². The molecular formula is C19H22F3NO. The van der Waals surface area contributed by atoms with Crippen LogP contribution in [0.2, 0.25) is 0 Å². The Morgan fingerprint density at radius 1 is 1.08 bits per heavy atom. The van der Waals surface area contributed by atoms with Crippen molar-refractivity contribution in [3.8, 4) is 0 Å². The van der Waals surface area contributed by atoms with Gasteiger partial charge in [-0.3, -0.25) is 4.79 Å². The van der Waals surface area contributed by atoms with E-state index in [-0.39, 0.29) is 17.9 Å². The van der Waals surface area contributed by atoms with E-state index in [4.69, 9.17) is 0 Å². The number of amides is 1. The number of nitrogens with one attached hydrogen (secondary N) is 1. The Labute approximate surface area is 139 Å². The van der Waals surface area contributed by atoms with E-state index >= 15 is 0 Å². The lowest BCUT2D eigenvalue weighted by Gasteiger charge is -2.56. The zero-order valence-electron chi connectivity index (χ0n) is 13.5. The highest BCUT2D eigenvalue weighted by atomic mass is 19.4. The molecule has 4 aliphatic carbocycles. The smallest absolute Gasteiger partial charge is 0.350 e. The molecule has 130 valence electrons. The molecular weight excluding hydrogens is 315 g/mol. The average Bonchev–Trinajstić information content (AvgIpc) is 2.44. The molecule has 2 nitrogen and oxygen atoms in total. The van der Waals surface area contributed by atoms with E-state index in [0.717, 1.165) is 49.1 Å². The molecule has 0 aromatic heterocycles. The van der Waals surface area contributed by atoms with Crippen molar-refractivity contribution in [2.45, 2.75) is 56.7 Å². The summed E-state index contributed by atoms with van der Waals surface area (Å²) in [7, 11) is 0. The number of rotatable bonds is 3. The van der Waals surface area contributed by atoms with Gasteiger partial charge in [0.2, 0.25) is 5.91 Å². The molecule has 1 aromatic rings. The lowest BCUT2D eigenvalue weighted by atomic mass is 9.53. The summed E-state index contributed by atoms with van der Waals surface area (Å²) in [6, 6.07) is 5.09. The van der Waals surface area contributed by atoms with Crippen LogP contribution in [0.3, 0.4) is 0 Å². The van der Waals surface area contributed by atoms with E-state index in [1.54, 1.807) is 6.07 Å². The quantitative estimate of drug-likeness (QED) is 0.874. The Hall–Kier alpha value is -1.52. The molecule has 0 aliphatic heterocycles. The zero-order valence-corrected chi connectivity index (χ0v) is 13.5. The number of carbonyl (C=O) groups excluding carboxylic acids is 1. The molecule has 0 spiro atoms. The SMILES string of the molecule is O=C(Cc1cccc(C(F)(F)F)c1)NC12CC3CC(CC(C3)C1)C2. The van der Waals surface area contributed by atoms with Crippen LogP contribution in [-0.2, 0) is 17.4 Å². The van der Waals surface area contributed by atoms with E-state index < -0.39 is 11.7 Å². The second kappa shape index (κ2) is 5.50. The molecule has 1 amide bonds. The fourth-order valence-electron chi connectivity index (χ4n) is 5.65. The number of halogens is 3. The first-order valence-corrected chi connectivity index (χ1v) is 8.78. The molecule has 4 aliphatic rings. The first-order valence-electron chi connectivity index (χ1n) is 8.78. The van der Waals surface area contributed by atoms with Crippen LogP contribution in [-0.4, -0.2) is 11.4 Å². The maximum Gasteiger partial charge on any atom is 0.416 e. The van der Waals surface area contributed by atoms with Gasteiger partial charge in [0, 0.05) is 5.54 Å². The van der Waals surface area contributed by atoms with Crippen LogP contribution in [0.4, 0.5) is 13.2 Å². The minimum atomic E-state index is -4.37. The molecule has 5 rings (SSSR count). The number of benzene rings is 1. The summed E-state index contributed by atoms with van der Waals surface area (Å²) in [5.41, 5.74) is -0.359. The minimum Gasteiger partial charge on any atom is -0.350 e. The van der Waals surface area contributed by atoms with Gasteiger partial charge in [-0.05, 0) is 67.9 Å². The second-order valence-electron chi connectivity index (χ2n) is 8.12. The summed E-state index contributed by atoms with van der Waals surface area (Å²) in [6.07, 6.45) is 2.68. The highest BCUT2D eigenvalue weighted by molar-refractivity contribution is 5.79. The van der Waals surface area contributed by atoms with Gasteiger partial charge in [-0.25, -0.2) is 0 Å². The Morgan fingerprint density at radius 2 is 1.67 bits per heavy atom. The van der Waals surface area contributed by atoms with Crippen molar-refractivity contribution in [1.29, 1.82) is 0 Å². The van der Waals surface area contributed by atoms with E-state index in [1.165, 1.54) is 25.3 Å². The summed E-state index contributed by atoms with van der Waals surface area (Å²) in [6.45, 7) is 0. The molecule has 0 saturated heterocycles. The lowest BCUT2D eigenvalue weighted by molar-refractivity contribution is -0.137. The van der Waals surface area contributed by atoms with Gasteiger partial charge in [0.15, 0.2) is 0 Å². The van der Waals surface area contributed by atoms with Crippen molar-refractivity contribution in [3.63, 3.8) is 0 Å². The normalized spacial score (nSPS) is 34.4. The lowest BCUT2D eigenvalue weighted by Crippen LogP contribution is -2.60. The van der Waals surface area contributed by atoms with Crippen molar-refractivity contribution in [2.75, 3.05) is 0 Å².